The van der Waals surface area contributed by atoms with Crippen molar-refractivity contribution in [3.8, 4) is 11.4 Å². The van der Waals surface area contributed by atoms with Crippen molar-refractivity contribution >= 4 is 17.0 Å². The third-order valence-electron chi connectivity index (χ3n) is 3.05. The van der Waals surface area contributed by atoms with Crippen LogP contribution in [0.4, 0.5) is 10.3 Å². The molecular formula is C15H14FN3O. The van der Waals surface area contributed by atoms with Gasteiger partial charge < -0.3 is 10.5 Å². The standard InChI is InChI=1S/C15H14FN3O/c1-2-20-11-6-3-5-10(9-11)19-13-8-4-7-12(16)14(13)18-15(19)17/h3-9H,2H2,1H3,(H2,17,18). The van der Waals surface area contributed by atoms with Crippen molar-refractivity contribution < 1.29 is 9.13 Å². The Balaban J connectivity index is 2.21. The van der Waals surface area contributed by atoms with Crippen LogP contribution in [0.25, 0.3) is 16.7 Å². The van der Waals surface area contributed by atoms with Crippen LogP contribution < -0.4 is 10.5 Å². The van der Waals surface area contributed by atoms with E-state index in [4.69, 9.17) is 10.5 Å². The topological polar surface area (TPSA) is 53.1 Å². The number of ether oxygens (including phenoxy) is 1. The van der Waals surface area contributed by atoms with E-state index in [-0.39, 0.29) is 17.3 Å². The van der Waals surface area contributed by atoms with Crippen LogP contribution in [0.3, 0.4) is 0 Å². The summed E-state index contributed by atoms with van der Waals surface area (Å²) >= 11 is 0. The Morgan fingerprint density at radius 1 is 1.25 bits per heavy atom. The summed E-state index contributed by atoms with van der Waals surface area (Å²) in [6.07, 6.45) is 0. The lowest BCUT2D eigenvalue weighted by molar-refractivity contribution is 0.340. The Labute approximate surface area is 115 Å². The number of para-hydroxylation sites is 1. The minimum Gasteiger partial charge on any atom is -0.494 e. The second kappa shape index (κ2) is 4.85. The Bertz CT molecular complexity index is 767. The van der Waals surface area contributed by atoms with Gasteiger partial charge in [0.15, 0.2) is 5.82 Å². The highest BCUT2D eigenvalue weighted by molar-refractivity contribution is 5.81. The third kappa shape index (κ3) is 1.97. The first-order valence-electron chi connectivity index (χ1n) is 6.36. The molecule has 2 aromatic carbocycles. The van der Waals surface area contributed by atoms with Crippen molar-refractivity contribution in [3.63, 3.8) is 0 Å². The van der Waals surface area contributed by atoms with E-state index in [0.29, 0.717) is 12.1 Å². The van der Waals surface area contributed by atoms with Crippen LogP contribution in [0, 0.1) is 5.82 Å². The summed E-state index contributed by atoms with van der Waals surface area (Å²) in [7, 11) is 0. The number of nitrogens with two attached hydrogens (primary N) is 1. The van der Waals surface area contributed by atoms with Crippen LogP contribution in [0.1, 0.15) is 6.92 Å². The molecule has 0 unspecified atom stereocenters. The smallest absolute Gasteiger partial charge is 0.206 e. The van der Waals surface area contributed by atoms with Crippen LogP contribution in [0.15, 0.2) is 42.5 Å². The molecule has 1 aromatic heterocycles. The lowest BCUT2D eigenvalue weighted by Crippen LogP contribution is -2.01. The van der Waals surface area contributed by atoms with Gasteiger partial charge in [-0.2, -0.15) is 0 Å². The molecule has 0 fully saturated rings. The van der Waals surface area contributed by atoms with Crippen molar-refractivity contribution in [3.05, 3.63) is 48.3 Å². The third-order valence-corrected chi connectivity index (χ3v) is 3.05. The average molecular weight is 271 g/mol. The Morgan fingerprint density at radius 2 is 2.05 bits per heavy atom. The van der Waals surface area contributed by atoms with Crippen molar-refractivity contribution in [1.82, 2.24) is 9.55 Å². The van der Waals surface area contributed by atoms with Crippen molar-refractivity contribution in [2.45, 2.75) is 6.92 Å². The number of benzene rings is 2. The van der Waals surface area contributed by atoms with Crippen molar-refractivity contribution in [2.24, 2.45) is 0 Å². The molecule has 0 bridgehead atoms. The highest BCUT2D eigenvalue weighted by atomic mass is 19.1. The fourth-order valence-corrected chi connectivity index (χ4v) is 2.23. The monoisotopic (exact) mass is 271 g/mol. The van der Waals surface area contributed by atoms with Gasteiger partial charge in [-0.3, -0.25) is 4.57 Å². The summed E-state index contributed by atoms with van der Waals surface area (Å²) in [6, 6.07) is 12.3. The predicted molar refractivity (Wildman–Crippen MR) is 76.6 cm³/mol. The number of imidazole rings is 1. The first kappa shape index (κ1) is 12.5. The Morgan fingerprint density at radius 3 is 2.85 bits per heavy atom. The molecule has 0 amide bonds. The maximum absolute atomic E-state index is 13.7. The second-order valence-electron chi connectivity index (χ2n) is 4.34. The van der Waals surface area contributed by atoms with E-state index in [0.717, 1.165) is 11.4 Å². The summed E-state index contributed by atoms with van der Waals surface area (Å²) in [4.78, 5) is 4.09. The Hall–Kier alpha value is -2.56. The van der Waals surface area contributed by atoms with E-state index in [1.54, 1.807) is 16.7 Å². The van der Waals surface area contributed by atoms with Gasteiger partial charge in [-0.1, -0.05) is 12.1 Å². The van der Waals surface area contributed by atoms with Crippen LogP contribution in [-0.2, 0) is 0 Å². The van der Waals surface area contributed by atoms with E-state index in [1.807, 2.05) is 31.2 Å². The molecule has 2 N–H and O–H groups in total. The largest absolute Gasteiger partial charge is 0.494 e. The number of halogens is 1. The van der Waals surface area contributed by atoms with Crippen LogP contribution in [-0.4, -0.2) is 16.2 Å². The van der Waals surface area contributed by atoms with Gasteiger partial charge in [-0.15, -0.1) is 0 Å². The maximum Gasteiger partial charge on any atom is 0.206 e. The number of hydrogen-bond donors (Lipinski definition) is 1. The molecule has 1 heterocycles. The zero-order valence-corrected chi connectivity index (χ0v) is 11.0. The molecule has 0 aliphatic heterocycles. The summed E-state index contributed by atoms with van der Waals surface area (Å²) in [5.74, 6) is 0.607. The van der Waals surface area contributed by atoms with Gasteiger partial charge in [0.2, 0.25) is 5.95 Å². The van der Waals surface area contributed by atoms with Gasteiger partial charge in [0.05, 0.1) is 17.8 Å². The van der Waals surface area contributed by atoms with E-state index >= 15 is 0 Å². The van der Waals surface area contributed by atoms with Crippen molar-refractivity contribution in [1.29, 1.82) is 0 Å². The fourth-order valence-electron chi connectivity index (χ4n) is 2.23. The molecule has 5 heteroatoms. The minimum atomic E-state index is -0.381. The lowest BCUT2D eigenvalue weighted by atomic mass is 10.2. The van der Waals surface area contributed by atoms with E-state index in [9.17, 15) is 4.39 Å². The van der Waals surface area contributed by atoms with Gasteiger partial charge in [0, 0.05) is 6.07 Å². The van der Waals surface area contributed by atoms with Gasteiger partial charge in [0.25, 0.3) is 0 Å². The number of rotatable bonds is 3. The van der Waals surface area contributed by atoms with Gasteiger partial charge in [0.1, 0.15) is 11.3 Å². The zero-order chi connectivity index (χ0) is 14.1. The minimum absolute atomic E-state index is 0.249. The van der Waals surface area contributed by atoms with Crippen LogP contribution >= 0.6 is 0 Å². The molecule has 0 aliphatic rings. The number of fused-ring (bicyclic) bond motifs is 1. The summed E-state index contributed by atoms with van der Waals surface area (Å²) in [5, 5.41) is 0. The summed E-state index contributed by atoms with van der Waals surface area (Å²) < 4.78 is 20.9. The molecular weight excluding hydrogens is 257 g/mol. The van der Waals surface area contributed by atoms with Gasteiger partial charge in [-0.05, 0) is 31.2 Å². The van der Waals surface area contributed by atoms with Crippen molar-refractivity contribution in [2.75, 3.05) is 12.3 Å². The van der Waals surface area contributed by atoms with Crippen LogP contribution in [0.2, 0.25) is 0 Å². The molecule has 3 rings (SSSR count). The number of nitrogens with zero attached hydrogens (tertiary/aromatic N) is 2. The molecule has 102 valence electrons. The van der Waals surface area contributed by atoms with Crippen LogP contribution in [0.5, 0.6) is 5.75 Å². The zero-order valence-electron chi connectivity index (χ0n) is 11.0. The lowest BCUT2D eigenvalue weighted by Gasteiger charge is -2.09. The maximum atomic E-state index is 13.7. The molecule has 0 atom stereocenters. The first-order valence-corrected chi connectivity index (χ1v) is 6.36. The molecule has 3 aromatic rings. The quantitative estimate of drug-likeness (QED) is 0.796. The second-order valence-corrected chi connectivity index (χ2v) is 4.34. The number of hydrogen-bond acceptors (Lipinski definition) is 3. The normalized spacial score (nSPS) is 10.9. The highest BCUT2D eigenvalue weighted by Crippen LogP contribution is 2.26. The fraction of sp³-hybridized carbons (Fsp3) is 0.133. The number of aromatic nitrogens is 2. The number of anilines is 1. The summed E-state index contributed by atoms with van der Waals surface area (Å²) in [5.41, 5.74) is 7.62. The molecule has 0 spiro atoms. The highest BCUT2D eigenvalue weighted by Gasteiger charge is 2.13. The number of nitrogen functional groups attached to an aromatic ring is 1. The molecule has 0 saturated carbocycles. The van der Waals surface area contributed by atoms with E-state index in [1.165, 1.54) is 6.07 Å². The molecule has 0 aliphatic carbocycles. The van der Waals surface area contributed by atoms with E-state index < -0.39 is 0 Å². The Kier molecular flexibility index (Phi) is 3.02. The average Bonchev–Trinajstić information content (AvgIpc) is 2.77. The van der Waals surface area contributed by atoms with Gasteiger partial charge >= 0.3 is 0 Å². The molecule has 4 nitrogen and oxygen atoms in total. The SMILES string of the molecule is CCOc1cccc(-n2c(N)nc3c(F)cccc32)c1. The predicted octanol–water partition coefficient (Wildman–Crippen LogP) is 3.15. The van der Waals surface area contributed by atoms with E-state index in [2.05, 4.69) is 4.98 Å². The first-order chi connectivity index (χ1) is 9.70. The molecule has 20 heavy (non-hydrogen) atoms. The molecule has 0 radical (unpaired) electrons. The molecule has 0 saturated heterocycles. The summed E-state index contributed by atoms with van der Waals surface area (Å²) in [6.45, 7) is 2.50. The van der Waals surface area contributed by atoms with Gasteiger partial charge in [-0.25, -0.2) is 9.37 Å².